The number of benzene rings is 3. The van der Waals surface area contributed by atoms with Crippen molar-refractivity contribution in [3.63, 3.8) is 0 Å². The Kier molecular flexibility index (Phi) is 11.5. The standard InChI is InChI=1S/C30H35Cl2N3O5S/c1-5-6-16-33-30(37)22(3)34(19-23-12-15-27(31)28(32)17-23)29(36)20-35(24-8-7-9-25(18-24)40-4)41(38,39)26-13-10-21(2)11-14-26/h7-15,17-18,22H,5-6,16,19-20H2,1-4H3,(H,33,37)/t22-/m0/s1. The molecule has 3 rings (SSSR count). The quantitative estimate of drug-likeness (QED) is 0.243. The van der Waals surface area contributed by atoms with Gasteiger partial charge >= 0.3 is 0 Å². The van der Waals surface area contributed by atoms with Gasteiger partial charge in [0.1, 0.15) is 18.3 Å². The van der Waals surface area contributed by atoms with Gasteiger partial charge < -0.3 is 15.0 Å². The zero-order chi connectivity index (χ0) is 30.2. The second kappa shape index (κ2) is 14.6. The SMILES string of the molecule is CCCCNC(=O)[C@H](C)N(Cc1ccc(Cl)c(Cl)c1)C(=O)CN(c1cccc(OC)c1)S(=O)(=O)c1ccc(C)cc1. The number of unbranched alkanes of at least 4 members (excludes halogenated alkanes) is 1. The molecule has 0 fully saturated rings. The van der Waals surface area contributed by atoms with Gasteiger partial charge in [0.25, 0.3) is 10.0 Å². The number of ether oxygens (including phenoxy) is 1. The fourth-order valence-electron chi connectivity index (χ4n) is 4.09. The number of anilines is 1. The van der Waals surface area contributed by atoms with Crippen molar-refractivity contribution < 1.29 is 22.7 Å². The first-order chi connectivity index (χ1) is 19.5. The van der Waals surface area contributed by atoms with Crippen LogP contribution in [-0.4, -0.2) is 51.4 Å². The maximum atomic E-state index is 14.0. The molecule has 1 N–H and O–H groups in total. The van der Waals surface area contributed by atoms with Gasteiger partial charge in [0, 0.05) is 19.2 Å². The molecule has 0 heterocycles. The number of carbonyl (C=O) groups excluding carboxylic acids is 2. The number of hydrogen-bond donors (Lipinski definition) is 1. The average molecular weight is 621 g/mol. The van der Waals surface area contributed by atoms with Crippen molar-refractivity contribution in [2.24, 2.45) is 0 Å². The third-order valence-electron chi connectivity index (χ3n) is 6.56. The van der Waals surface area contributed by atoms with Crippen molar-refractivity contribution in [1.29, 1.82) is 0 Å². The molecule has 2 amide bonds. The highest BCUT2D eigenvalue weighted by Gasteiger charge is 2.32. The number of carbonyl (C=O) groups is 2. The third kappa shape index (κ3) is 8.38. The Morgan fingerprint density at radius 2 is 1.71 bits per heavy atom. The number of methoxy groups -OCH3 is 1. The van der Waals surface area contributed by atoms with Crippen molar-refractivity contribution in [2.45, 2.75) is 51.1 Å². The van der Waals surface area contributed by atoms with Crippen molar-refractivity contribution in [1.82, 2.24) is 10.2 Å². The van der Waals surface area contributed by atoms with Crippen molar-refractivity contribution >= 4 is 50.7 Å². The molecule has 41 heavy (non-hydrogen) atoms. The predicted octanol–water partition coefficient (Wildman–Crippen LogP) is 5.84. The first-order valence-electron chi connectivity index (χ1n) is 13.2. The summed E-state index contributed by atoms with van der Waals surface area (Å²) >= 11 is 12.3. The number of nitrogens with one attached hydrogen (secondary N) is 1. The number of aryl methyl sites for hydroxylation is 1. The zero-order valence-corrected chi connectivity index (χ0v) is 25.9. The maximum absolute atomic E-state index is 14.0. The largest absolute Gasteiger partial charge is 0.497 e. The van der Waals surface area contributed by atoms with Gasteiger partial charge in [-0.15, -0.1) is 0 Å². The summed E-state index contributed by atoms with van der Waals surface area (Å²) in [7, 11) is -2.71. The second-order valence-corrected chi connectivity index (χ2v) is 12.3. The van der Waals surface area contributed by atoms with E-state index < -0.39 is 28.5 Å². The molecule has 3 aromatic rings. The van der Waals surface area contributed by atoms with E-state index in [-0.39, 0.29) is 23.0 Å². The summed E-state index contributed by atoms with van der Waals surface area (Å²) in [6, 6.07) is 16.9. The van der Waals surface area contributed by atoms with E-state index in [2.05, 4.69) is 5.32 Å². The molecular weight excluding hydrogens is 585 g/mol. The van der Waals surface area contributed by atoms with Crippen LogP contribution < -0.4 is 14.4 Å². The van der Waals surface area contributed by atoms with Gasteiger partial charge in [0.2, 0.25) is 11.8 Å². The number of halogens is 2. The van der Waals surface area contributed by atoms with E-state index in [4.69, 9.17) is 27.9 Å². The molecule has 0 aromatic heterocycles. The molecule has 220 valence electrons. The third-order valence-corrected chi connectivity index (χ3v) is 9.09. The highest BCUT2D eigenvalue weighted by Crippen LogP contribution is 2.28. The Bertz CT molecular complexity index is 1470. The first kappa shape index (κ1) is 32.2. The highest BCUT2D eigenvalue weighted by atomic mass is 35.5. The van der Waals surface area contributed by atoms with Crippen LogP contribution in [0.5, 0.6) is 5.75 Å². The van der Waals surface area contributed by atoms with E-state index in [1.54, 1.807) is 61.5 Å². The molecular formula is C30H35Cl2N3O5S. The molecule has 0 aliphatic rings. The molecule has 0 unspecified atom stereocenters. The Morgan fingerprint density at radius 3 is 2.34 bits per heavy atom. The van der Waals surface area contributed by atoms with Crippen LogP contribution in [0.1, 0.15) is 37.8 Å². The first-order valence-corrected chi connectivity index (χ1v) is 15.4. The molecule has 0 spiro atoms. The topological polar surface area (TPSA) is 96.0 Å². The van der Waals surface area contributed by atoms with Crippen molar-refractivity contribution in [3.8, 4) is 5.75 Å². The molecule has 8 nitrogen and oxygen atoms in total. The summed E-state index contributed by atoms with van der Waals surface area (Å²) in [5.41, 5.74) is 1.77. The van der Waals surface area contributed by atoms with Gasteiger partial charge in [0.05, 0.1) is 27.7 Å². The normalized spacial score (nSPS) is 12.0. The van der Waals surface area contributed by atoms with Gasteiger partial charge in [0.15, 0.2) is 0 Å². The number of hydrogen-bond acceptors (Lipinski definition) is 5. The lowest BCUT2D eigenvalue weighted by molar-refractivity contribution is -0.139. The van der Waals surface area contributed by atoms with Gasteiger partial charge in [-0.3, -0.25) is 13.9 Å². The van der Waals surface area contributed by atoms with Crippen LogP contribution in [0, 0.1) is 6.92 Å². The summed E-state index contributed by atoms with van der Waals surface area (Å²) in [4.78, 5) is 28.4. The molecule has 0 saturated carbocycles. The predicted molar refractivity (Wildman–Crippen MR) is 163 cm³/mol. The van der Waals surface area contributed by atoms with E-state index >= 15 is 0 Å². The summed E-state index contributed by atoms with van der Waals surface area (Å²) in [6.45, 7) is 5.39. The van der Waals surface area contributed by atoms with E-state index in [9.17, 15) is 18.0 Å². The van der Waals surface area contributed by atoms with Gasteiger partial charge in [-0.25, -0.2) is 8.42 Å². The Hall–Kier alpha value is -3.27. The van der Waals surface area contributed by atoms with Crippen LogP contribution in [0.4, 0.5) is 5.69 Å². The highest BCUT2D eigenvalue weighted by molar-refractivity contribution is 7.92. The van der Waals surface area contributed by atoms with Gasteiger partial charge in [-0.05, 0) is 62.2 Å². The van der Waals surface area contributed by atoms with Crippen LogP contribution >= 0.6 is 23.2 Å². The van der Waals surface area contributed by atoms with E-state index in [1.165, 1.54) is 24.1 Å². The van der Waals surface area contributed by atoms with Crippen LogP contribution in [0.3, 0.4) is 0 Å². The molecule has 0 aliphatic heterocycles. The molecule has 11 heteroatoms. The fraction of sp³-hybridized carbons (Fsp3) is 0.333. The van der Waals surface area contributed by atoms with Crippen molar-refractivity contribution in [3.05, 3.63) is 87.9 Å². The number of rotatable bonds is 13. The molecule has 3 aromatic carbocycles. The summed E-state index contributed by atoms with van der Waals surface area (Å²) < 4.78 is 34.2. The Labute approximate surface area is 252 Å². The average Bonchev–Trinajstić information content (AvgIpc) is 2.96. The molecule has 0 aliphatic carbocycles. The minimum absolute atomic E-state index is 0.00855. The van der Waals surface area contributed by atoms with Gasteiger partial charge in [-0.1, -0.05) is 66.4 Å². The van der Waals surface area contributed by atoms with Crippen LogP contribution in [0.25, 0.3) is 0 Å². The molecule has 1 atom stereocenters. The minimum Gasteiger partial charge on any atom is -0.497 e. The fourth-order valence-corrected chi connectivity index (χ4v) is 5.81. The van der Waals surface area contributed by atoms with Crippen LogP contribution in [0.15, 0.2) is 71.6 Å². The second-order valence-electron chi connectivity index (χ2n) is 9.62. The minimum atomic E-state index is -4.18. The number of sulfonamides is 1. The maximum Gasteiger partial charge on any atom is 0.264 e. The summed E-state index contributed by atoms with van der Waals surface area (Å²) in [6.07, 6.45) is 1.69. The lowest BCUT2D eigenvalue weighted by Gasteiger charge is -2.32. The molecule has 0 bridgehead atoms. The molecule has 0 radical (unpaired) electrons. The van der Waals surface area contributed by atoms with E-state index in [1.807, 2.05) is 13.8 Å². The van der Waals surface area contributed by atoms with Gasteiger partial charge in [-0.2, -0.15) is 0 Å². The smallest absolute Gasteiger partial charge is 0.264 e. The van der Waals surface area contributed by atoms with E-state index in [0.29, 0.717) is 27.9 Å². The molecule has 0 saturated heterocycles. The number of nitrogens with zero attached hydrogens (tertiary/aromatic N) is 2. The zero-order valence-electron chi connectivity index (χ0n) is 23.6. The monoisotopic (exact) mass is 619 g/mol. The lowest BCUT2D eigenvalue weighted by atomic mass is 10.1. The van der Waals surface area contributed by atoms with Crippen LogP contribution in [-0.2, 0) is 26.2 Å². The van der Waals surface area contributed by atoms with Crippen LogP contribution in [0.2, 0.25) is 10.0 Å². The van der Waals surface area contributed by atoms with Crippen molar-refractivity contribution in [2.75, 3.05) is 24.5 Å². The van der Waals surface area contributed by atoms with E-state index in [0.717, 1.165) is 22.7 Å². The summed E-state index contributed by atoms with van der Waals surface area (Å²) in [5, 5.41) is 3.51. The Balaban J connectivity index is 2.03. The summed E-state index contributed by atoms with van der Waals surface area (Å²) in [5.74, 6) is -0.496. The lowest BCUT2D eigenvalue weighted by Crippen LogP contribution is -2.51. The number of amides is 2. The Morgan fingerprint density at radius 1 is 1.00 bits per heavy atom.